The lowest BCUT2D eigenvalue weighted by atomic mass is 10.0. The summed E-state index contributed by atoms with van der Waals surface area (Å²) in [6.45, 7) is 7.80. The molecule has 2 aliphatic rings. The van der Waals surface area contributed by atoms with Crippen LogP contribution in [0.2, 0.25) is 0 Å². The molecule has 0 spiro atoms. The highest BCUT2D eigenvalue weighted by Gasteiger charge is 2.32. The molecule has 5 heterocycles. The molecule has 0 radical (unpaired) electrons. The van der Waals surface area contributed by atoms with Crippen LogP contribution in [0.5, 0.6) is 0 Å². The lowest BCUT2D eigenvalue weighted by Crippen LogP contribution is -2.47. The highest BCUT2D eigenvalue weighted by atomic mass is 15.3. The quantitative estimate of drug-likeness (QED) is 0.771. The van der Waals surface area contributed by atoms with Gasteiger partial charge in [0.1, 0.15) is 11.5 Å². The minimum atomic E-state index is 0.520. The summed E-state index contributed by atoms with van der Waals surface area (Å²) in [7, 11) is 2.13. The lowest BCUT2D eigenvalue weighted by molar-refractivity contribution is 0.169. The molecule has 3 aromatic rings. The summed E-state index contributed by atoms with van der Waals surface area (Å²) in [5, 5.41) is 9.02. The molecule has 0 saturated carbocycles. The van der Waals surface area contributed by atoms with Crippen LogP contribution in [0.3, 0.4) is 0 Å². The van der Waals surface area contributed by atoms with Crippen LogP contribution < -0.4 is 4.90 Å². The topological polar surface area (TPSA) is 53.0 Å². The largest absolute Gasteiger partial charge is 0.352 e. The predicted molar refractivity (Wildman–Crippen MR) is 104 cm³/mol. The van der Waals surface area contributed by atoms with Crippen molar-refractivity contribution in [1.82, 2.24) is 24.6 Å². The number of nitrogens with one attached hydrogen (secondary N) is 1. The van der Waals surface area contributed by atoms with Crippen LogP contribution in [0, 0.1) is 0 Å². The Morgan fingerprint density at radius 1 is 1.19 bits per heavy atom. The van der Waals surface area contributed by atoms with E-state index in [2.05, 4.69) is 57.7 Å². The minimum absolute atomic E-state index is 0.520. The van der Waals surface area contributed by atoms with E-state index in [1.165, 1.54) is 29.5 Å². The number of piperidine rings is 1. The number of aromatic amines is 1. The second-order valence-corrected chi connectivity index (χ2v) is 7.91. The van der Waals surface area contributed by atoms with Gasteiger partial charge in [-0.1, -0.05) is 0 Å². The molecule has 3 aromatic heterocycles. The van der Waals surface area contributed by atoms with E-state index < -0.39 is 0 Å². The van der Waals surface area contributed by atoms with Crippen molar-refractivity contribution >= 4 is 16.7 Å². The van der Waals surface area contributed by atoms with Crippen molar-refractivity contribution in [3.05, 3.63) is 30.2 Å². The van der Waals surface area contributed by atoms with E-state index in [1.807, 2.05) is 12.3 Å². The summed E-state index contributed by atoms with van der Waals surface area (Å²) in [4.78, 5) is 9.93. The highest BCUT2D eigenvalue weighted by molar-refractivity contribution is 6.02. The van der Waals surface area contributed by atoms with Crippen molar-refractivity contribution in [2.75, 3.05) is 18.0 Å². The summed E-state index contributed by atoms with van der Waals surface area (Å²) in [6, 6.07) is 5.36. The van der Waals surface area contributed by atoms with Crippen LogP contribution in [0.1, 0.15) is 32.4 Å². The molecule has 6 heteroatoms. The van der Waals surface area contributed by atoms with E-state index >= 15 is 0 Å². The Hall–Kier alpha value is -2.34. The van der Waals surface area contributed by atoms with Gasteiger partial charge in [0, 0.05) is 55.9 Å². The molecule has 0 aromatic carbocycles. The maximum Gasteiger partial charge on any atom is 0.140 e. The van der Waals surface area contributed by atoms with Crippen molar-refractivity contribution < 1.29 is 0 Å². The number of H-pyrrole nitrogens is 1. The number of rotatable bonds is 2. The minimum Gasteiger partial charge on any atom is -0.352 e. The summed E-state index contributed by atoms with van der Waals surface area (Å²) >= 11 is 0. The zero-order chi connectivity index (χ0) is 17.8. The monoisotopic (exact) mass is 350 g/mol. The predicted octanol–water partition coefficient (Wildman–Crippen LogP) is 3.16. The molecule has 0 bridgehead atoms. The SMILES string of the molecule is CC(C)N1CCC(N2Cc3c(ccn3C)-c3n[nH]c4ccnc2c34)CC1. The van der Waals surface area contributed by atoms with Crippen molar-refractivity contribution in [2.45, 2.75) is 45.3 Å². The van der Waals surface area contributed by atoms with Gasteiger partial charge in [0.15, 0.2) is 0 Å². The van der Waals surface area contributed by atoms with Crippen LogP contribution >= 0.6 is 0 Å². The second-order valence-electron chi connectivity index (χ2n) is 7.91. The molecule has 2 aliphatic heterocycles. The number of anilines is 1. The molecule has 0 atom stereocenters. The third kappa shape index (κ3) is 2.28. The average Bonchev–Trinajstić information content (AvgIpc) is 3.19. The third-order valence-electron chi connectivity index (χ3n) is 6.17. The van der Waals surface area contributed by atoms with Crippen LogP contribution in [-0.4, -0.2) is 49.8 Å². The van der Waals surface area contributed by atoms with Crippen molar-refractivity contribution in [3.8, 4) is 11.3 Å². The zero-order valence-corrected chi connectivity index (χ0v) is 15.7. The van der Waals surface area contributed by atoms with Gasteiger partial charge in [-0.15, -0.1) is 0 Å². The Bertz CT molecular complexity index is 945. The molecule has 26 heavy (non-hydrogen) atoms. The average molecular weight is 350 g/mol. The molecule has 0 unspecified atom stereocenters. The number of hydrogen-bond acceptors (Lipinski definition) is 4. The van der Waals surface area contributed by atoms with Crippen LogP contribution in [0.25, 0.3) is 22.2 Å². The van der Waals surface area contributed by atoms with E-state index in [0.29, 0.717) is 12.1 Å². The van der Waals surface area contributed by atoms with Gasteiger partial charge in [-0.2, -0.15) is 5.10 Å². The molecular formula is C20H26N6. The number of nitrogens with zero attached hydrogens (tertiary/aromatic N) is 5. The summed E-state index contributed by atoms with van der Waals surface area (Å²) in [5.41, 5.74) is 4.67. The fraction of sp³-hybridized carbons (Fsp3) is 0.500. The molecule has 1 fully saturated rings. The van der Waals surface area contributed by atoms with Crippen molar-refractivity contribution in [2.24, 2.45) is 7.05 Å². The number of aromatic nitrogens is 4. The van der Waals surface area contributed by atoms with Gasteiger partial charge >= 0.3 is 0 Å². The molecule has 0 aliphatic carbocycles. The lowest BCUT2D eigenvalue weighted by Gasteiger charge is -2.40. The van der Waals surface area contributed by atoms with Gasteiger partial charge in [-0.05, 0) is 38.8 Å². The number of pyridine rings is 1. The molecule has 1 saturated heterocycles. The molecule has 1 N–H and O–H groups in total. The first-order chi connectivity index (χ1) is 12.6. The molecule has 5 rings (SSSR count). The van der Waals surface area contributed by atoms with Gasteiger partial charge in [0.05, 0.1) is 17.4 Å². The Labute approximate surface area is 153 Å². The fourth-order valence-corrected chi connectivity index (χ4v) is 4.59. The number of fused-ring (bicyclic) bond motifs is 2. The first kappa shape index (κ1) is 15.9. The summed E-state index contributed by atoms with van der Waals surface area (Å²) in [6.07, 6.45) is 6.42. The standard InChI is InChI=1S/C20H26N6/c1-13(2)25-10-5-14(6-11-25)26-12-17-15(7-9-24(17)3)19-18-16(22-23-19)4-8-21-20(18)26/h4,7-9,13-14H,5-6,10-12H2,1-3H3,(H,22,23). The van der Waals surface area contributed by atoms with Gasteiger partial charge in [0.2, 0.25) is 0 Å². The zero-order valence-electron chi connectivity index (χ0n) is 15.7. The van der Waals surface area contributed by atoms with Gasteiger partial charge in [-0.3, -0.25) is 5.10 Å². The van der Waals surface area contributed by atoms with Gasteiger partial charge < -0.3 is 14.4 Å². The van der Waals surface area contributed by atoms with E-state index in [9.17, 15) is 0 Å². The molecular weight excluding hydrogens is 324 g/mol. The number of hydrogen-bond donors (Lipinski definition) is 1. The first-order valence-corrected chi connectivity index (χ1v) is 9.62. The van der Waals surface area contributed by atoms with E-state index in [1.54, 1.807) is 0 Å². The molecule has 136 valence electrons. The Morgan fingerprint density at radius 2 is 2.00 bits per heavy atom. The van der Waals surface area contributed by atoms with E-state index in [0.717, 1.165) is 36.7 Å². The normalized spacial score (nSPS) is 18.5. The highest BCUT2D eigenvalue weighted by Crippen LogP contribution is 2.40. The van der Waals surface area contributed by atoms with Crippen LogP contribution in [0.4, 0.5) is 5.82 Å². The maximum atomic E-state index is 4.82. The fourth-order valence-electron chi connectivity index (χ4n) is 4.59. The number of aryl methyl sites for hydroxylation is 1. The second kappa shape index (κ2) is 5.84. The molecule has 6 nitrogen and oxygen atoms in total. The van der Waals surface area contributed by atoms with Crippen molar-refractivity contribution in [3.63, 3.8) is 0 Å². The van der Waals surface area contributed by atoms with Gasteiger partial charge in [-0.25, -0.2) is 4.98 Å². The van der Waals surface area contributed by atoms with Gasteiger partial charge in [0.25, 0.3) is 0 Å². The molecule has 0 amide bonds. The van der Waals surface area contributed by atoms with Crippen LogP contribution in [-0.2, 0) is 13.6 Å². The smallest absolute Gasteiger partial charge is 0.140 e. The summed E-state index contributed by atoms with van der Waals surface area (Å²) in [5.74, 6) is 1.09. The maximum absolute atomic E-state index is 4.82. The summed E-state index contributed by atoms with van der Waals surface area (Å²) < 4.78 is 2.23. The Kier molecular flexibility index (Phi) is 3.57. The van der Waals surface area contributed by atoms with Crippen LogP contribution in [0.15, 0.2) is 24.5 Å². The Morgan fingerprint density at radius 3 is 2.77 bits per heavy atom. The van der Waals surface area contributed by atoms with E-state index in [4.69, 9.17) is 4.98 Å². The Balaban J connectivity index is 1.60. The first-order valence-electron chi connectivity index (χ1n) is 9.62. The van der Waals surface area contributed by atoms with E-state index in [-0.39, 0.29) is 0 Å². The number of likely N-dealkylation sites (tertiary alicyclic amines) is 1. The van der Waals surface area contributed by atoms with Crippen molar-refractivity contribution in [1.29, 1.82) is 0 Å². The third-order valence-corrected chi connectivity index (χ3v) is 6.17.